The van der Waals surface area contributed by atoms with Crippen molar-refractivity contribution in [3.8, 4) is 5.69 Å². The van der Waals surface area contributed by atoms with Gasteiger partial charge in [0.25, 0.3) is 5.91 Å². The number of halogens is 1. The number of aliphatic carboxylic acids is 1. The number of hydrogen-bond acceptors (Lipinski definition) is 4. The highest BCUT2D eigenvalue weighted by Crippen LogP contribution is 2.18. The minimum Gasteiger partial charge on any atom is -0.480 e. The molecule has 2 rings (SSSR count). The summed E-state index contributed by atoms with van der Waals surface area (Å²) >= 11 is 5.99. The van der Waals surface area contributed by atoms with Crippen LogP contribution in [0, 0.1) is 0 Å². The van der Waals surface area contributed by atoms with Gasteiger partial charge >= 0.3 is 5.97 Å². The third-order valence-electron chi connectivity index (χ3n) is 3.24. The molecular formula is C15H17ClN4O3. The largest absolute Gasteiger partial charge is 0.480 e. The number of carbonyl (C=O) groups is 2. The maximum Gasteiger partial charge on any atom is 0.325 e. The molecule has 23 heavy (non-hydrogen) atoms. The molecule has 1 aromatic carbocycles. The Labute approximate surface area is 138 Å². The van der Waals surface area contributed by atoms with Crippen molar-refractivity contribution in [2.75, 3.05) is 0 Å². The summed E-state index contributed by atoms with van der Waals surface area (Å²) in [6, 6.07) is 6.04. The predicted molar refractivity (Wildman–Crippen MR) is 84.9 cm³/mol. The lowest BCUT2D eigenvalue weighted by atomic mass is 10.2. The van der Waals surface area contributed by atoms with Crippen LogP contribution in [0.25, 0.3) is 5.69 Å². The number of hydrogen-bond donors (Lipinski definition) is 2. The third kappa shape index (κ3) is 3.87. The number of rotatable bonds is 6. The molecule has 0 radical (unpaired) electrons. The summed E-state index contributed by atoms with van der Waals surface area (Å²) in [4.78, 5) is 23.1. The van der Waals surface area contributed by atoms with E-state index in [1.54, 1.807) is 28.9 Å². The van der Waals surface area contributed by atoms with Crippen LogP contribution in [0.4, 0.5) is 0 Å². The van der Waals surface area contributed by atoms with Crippen molar-refractivity contribution in [3.05, 3.63) is 40.7 Å². The van der Waals surface area contributed by atoms with Crippen LogP contribution in [0.3, 0.4) is 0 Å². The predicted octanol–water partition coefficient (Wildman–Crippen LogP) is 2.08. The van der Waals surface area contributed by atoms with E-state index in [4.69, 9.17) is 16.7 Å². The molecule has 1 amide bonds. The van der Waals surface area contributed by atoms with E-state index in [-0.39, 0.29) is 5.69 Å². The topological polar surface area (TPSA) is 97.1 Å². The van der Waals surface area contributed by atoms with Gasteiger partial charge in [0.15, 0.2) is 5.69 Å². The van der Waals surface area contributed by atoms with Gasteiger partial charge in [0.2, 0.25) is 0 Å². The van der Waals surface area contributed by atoms with Crippen molar-refractivity contribution in [3.63, 3.8) is 0 Å². The van der Waals surface area contributed by atoms with Crippen LogP contribution in [-0.4, -0.2) is 38.0 Å². The van der Waals surface area contributed by atoms with E-state index >= 15 is 0 Å². The molecular weight excluding hydrogens is 320 g/mol. The first-order valence-electron chi connectivity index (χ1n) is 7.18. The Hall–Kier alpha value is -2.41. The van der Waals surface area contributed by atoms with E-state index in [9.17, 15) is 9.59 Å². The molecule has 0 aliphatic rings. The van der Waals surface area contributed by atoms with Crippen molar-refractivity contribution in [2.24, 2.45) is 0 Å². The van der Waals surface area contributed by atoms with Crippen LogP contribution in [0.5, 0.6) is 0 Å². The molecule has 1 heterocycles. The highest BCUT2D eigenvalue weighted by atomic mass is 35.5. The third-order valence-corrected chi connectivity index (χ3v) is 3.47. The molecule has 0 bridgehead atoms. The number of carboxylic acids is 1. The zero-order chi connectivity index (χ0) is 17.0. The molecule has 1 atom stereocenters. The van der Waals surface area contributed by atoms with Crippen LogP contribution in [0.2, 0.25) is 5.02 Å². The lowest BCUT2D eigenvalue weighted by molar-refractivity contribution is -0.138. The zero-order valence-corrected chi connectivity index (χ0v) is 13.5. The van der Waals surface area contributed by atoms with Gasteiger partial charge in [-0.1, -0.05) is 36.2 Å². The molecule has 2 aromatic rings. The molecule has 8 heteroatoms. The van der Waals surface area contributed by atoms with Crippen LogP contribution in [0.1, 0.15) is 36.5 Å². The first-order chi connectivity index (χ1) is 10.9. The summed E-state index contributed by atoms with van der Waals surface area (Å²) in [7, 11) is 0. The van der Waals surface area contributed by atoms with E-state index in [1.165, 1.54) is 6.92 Å². The number of nitrogens with zero attached hydrogens (tertiary/aromatic N) is 3. The summed E-state index contributed by atoms with van der Waals surface area (Å²) in [6.45, 7) is 3.36. The standard InChI is InChI=1S/C15H17ClN4O3/c1-3-5-12-13(14(21)17-9(2)15(22)23)18-19-20(12)11-7-4-6-10(16)8-11/h4,6-9H,3,5H2,1-2H3,(H,17,21)(H,22,23)/t9-/m0/s1. The fourth-order valence-corrected chi connectivity index (χ4v) is 2.27. The maximum absolute atomic E-state index is 12.3. The molecule has 122 valence electrons. The second-order valence-electron chi connectivity index (χ2n) is 5.06. The number of nitrogens with one attached hydrogen (secondary N) is 1. The van der Waals surface area contributed by atoms with Gasteiger partial charge in [-0.2, -0.15) is 0 Å². The van der Waals surface area contributed by atoms with Gasteiger partial charge in [-0.05, 0) is 31.5 Å². The Bertz CT molecular complexity index is 729. The minimum absolute atomic E-state index is 0.125. The van der Waals surface area contributed by atoms with E-state index in [0.29, 0.717) is 22.8 Å². The molecule has 7 nitrogen and oxygen atoms in total. The molecule has 0 saturated carbocycles. The zero-order valence-electron chi connectivity index (χ0n) is 12.8. The normalized spacial score (nSPS) is 12.0. The van der Waals surface area contributed by atoms with Gasteiger partial charge in [-0.15, -0.1) is 5.10 Å². The summed E-state index contributed by atoms with van der Waals surface area (Å²) in [6.07, 6.45) is 1.35. The van der Waals surface area contributed by atoms with Crippen LogP contribution in [-0.2, 0) is 11.2 Å². The second kappa shape index (κ2) is 7.23. The Morgan fingerprint density at radius 1 is 1.43 bits per heavy atom. The van der Waals surface area contributed by atoms with E-state index in [2.05, 4.69) is 15.6 Å². The van der Waals surface area contributed by atoms with Crippen LogP contribution in [0.15, 0.2) is 24.3 Å². The Balaban J connectivity index is 2.38. The monoisotopic (exact) mass is 336 g/mol. The molecule has 0 unspecified atom stereocenters. The van der Waals surface area contributed by atoms with Crippen molar-refractivity contribution < 1.29 is 14.7 Å². The first kappa shape index (κ1) is 17.0. The van der Waals surface area contributed by atoms with Gasteiger partial charge in [0.05, 0.1) is 11.4 Å². The maximum atomic E-state index is 12.3. The number of amides is 1. The van der Waals surface area contributed by atoms with Gasteiger partial charge in [0.1, 0.15) is 6.04 Å². The van der Waals surface area contributed by atoms with E-state index in [1.807, 2.05) is 6.92 Å². The minimum atomic E-state index is -1.11. The molecule has 0 fully saturated rings. The smallest absolute Gasteiger partial charge is 0.325 e. The highest BCUT2D eigenvalue weighted by molar-refractivity contribution is 6.30. The number of benzene rings is 1. The van der Waals surface area contributed by atoms with Gasteiger partial charge < -0.3 is 10.4 Å². The van der Waals surface area contributed by atoms with E-state index in [0.717, 1.165) is 6.42 Å². The average Bonchev–Trinajstić information content (AvgIpc) is 2.91. The molecule has 1 aromatic heterocycles. The van der Waals surface area contributed by atoms with Crippen molar-refractivity contribution >= 4 is 23.5 Å². The summed E-state index contributed by atoms with van der Waals surface area (Å²) in [5, 5.41) is 19.8. The number of carboxylic acid groups (broad SMARTS) is 1. The SMILES string of the molecule is CCCc1c(C(=O)N[C@@H](C)C(=O)O)nnn1-c1cccc(Cl)c1. The van der Waals surface area contributed by atoms with Gasteiger partial charge in [-0.25, -0.2) is 4.68 Å². The quantitative estimate of drug-likeness (QED) is 0.841. The fraction of sp³-hybridized carbons (Fsp3) is 0.333. The van der Waals surface area contributed by atoms with Crippen molar-refractivity contribution in [1.82, 2.24) is 20.3 Å². The van der Waals surface area contributed by atoms with Crippen molar-refractivity contribution in [1.29, 1.82) is 0 Å². The Kier molecular flexibility index (Phi) is 5.33. The molecule has 0 aliphatic carbocycles. The molecule has 0 spiro atoms. The highest BCUT2D eigenvalue weighted by Gasteiger charge is 2.23. The summed E-state index contributed by atoms with van der Waals surface area (Å²) < 4.78 is 1.55. The number of carbonyl (C=O) groups excluding carboxylic acids is 1. The Morgan fingerprint density at radius 3 is 2.78 bits per heavy atom. The van der Waals surface area contributed by atoms with Gasteiger partial charge in [-0.3, -0.25) is 9.59 Å². The van der Waals surface area contributed by atoms with Crippen LogP contribution < -0.4 is 5.32 Å². The Morgan fingerprint density at radius 2 is 2.17 bits per heavy atom. The van der Waals surface area contributed by atoms with E-state index < -0.39 is 17.9 Å². The lowest BCUT2D eigenvalue weighted by Crippen LogP contribution is -2.38. The number of aromatic nitrogens is 3. The van der Waals surface area contributed by atoms with Crippen LogP contribution >= 0.6 is 11.6 Å². The molecule has 0 aliphatic heterocycles. The summed E-state index contributed by atoms with van der Waals surface area (Å²) in [5.74, 6) is -1.67. The first-order valence-corrected chi connectivity index (χ1v) is 7.56. The van der Waals surface area contributed by atoms with Gasteiger partial charge in [0, 0.05) is 5.02 Å². The lowest BCUT2D eigenvalue weighted by Gasteiger charge is -2.10. The summed E-state index contributed by atoms with van der Waals surface area (Å²) in [5.41, 5.74) is 1.43. The second-order valence-corrected chi connectivity index (χ2v) is 5.50. The average molecular weight is 337 g/mol. The fourth-order valence-electron chi connectivity index (χ4n) is 2.08. The molecule has 0 saturated heterocycles. The van der Waals surface area contributed by atoms with Crippen molar-refractivity contribution in [2.45, 2.75) is 32.7 Å². The molecule has 2 N–H and O–H groups in total.